The first-order chi connectivity index (χ1) is 10.1. The molecule has 0 radical (unpaired) electrons. The lowest BCUT2D eigenvalue weighted by Crippen LogP contribution is -2.28. The Morgan fingerprint density at radius 2 is 2.10 bits per heavy atom. The van der Waals surface area contributed by atoms with Crippen LogP contribution in [0.25, 0.3) is 0 Å². The highest BCUT2D eigenvalue weighted by Gasteiger charge is 2.35. The molecular formula is C16H15FN2OS. The predicted octanol–water partition coefficient (Wildman–Crippen LogP) is 3.49. The normalized spacial score (nSPS) is 18.3. The summed E-state index contributed by atoms with van der Waals surface area (Å²) in [6.07, 6.45) is 0. The van der Waals surface area contributed by atoms with Crippen molar-refractivity contribution < 1.29 is 9.18 Å². The van der Waals surface area contributed by atoms with Crippen LogP contribution in [0.3, 0.4) is 0 Å². The molecule has 5 heteroatoms. The molecule has 3 nitrogen and oxygen atoms in total. The van der Waals surface area contributed by atoms with E-state index in [1.807, 2.05) is 25.1 Å². The molecule has 0 aliphatic carbocycles. The number of aryl methyl sites for hydroxylation is 1. The largest absolute Gasteiger partial charge is 0.399 e. The van der Waals surface area contributed by atoms with Crippen LogP contribution in [-0.4, -0.2) is 11.7 Å². The van der Waals surface area contributed by atoms with Gasteiger partial charge in [-0.15, -0.1) is 11.8 Å². The highest BCUT2D eigenvalue weighted by Crippen LogP contribution is 2.43. The fraction of sp³-hybridized carbons (Fsp3) is 0.188. The third-order valence-electron chi connectivity index (χ3n) is 3.42. The van der Waals surface area contributed by atoms with Gasteiger partial charge in [0.05, 0.1) is 11.4 Å². The van der Waals surface area contributed by atoms with Crippen LogP contribution in [-0.2, 0) is 4.79 Å². The maximum absolute atomic E-state index is 14.1. The number of hydrogen-bond acceptors (Lipinski definition) is 3. The summed E-state index contributed by atoms with van der Waals surface area (Å²) < 4.78 is 14.1. The third kappa shape index (κ3) is 2.61. The Kier molecular flexibility index (Phi) is 3.59. The molecule has 0 spiro atoms. The molecule has 1 aliphatic rings. The maximum Gasteiger partial charge on any atom is 0.238 e. The van der Waals surface area contributed by atoms with Gasteiger partial charge in [0.15, 0.2) is 0 Å². The van der Waals surface area contributed by atoms with E-state index in [1.54, 1.807) is 18.2 Å². The first kappa shape index (κ1) is 13.9. The standard InChI is InChI=1S/C16H15FN2OS/c1-10-5-6-13(17)14(7-10)19-15(20)9-21-16(19)11-3-2-4-12(18)8-11/h2-8,16H,9,18H2,1H3. The average Bonchev–Trinajstić information content (AvgIpc) is 2.83. The fourth-order valence-corrected chi connectivity index (χ4v) is 3.61. The van der Waals surface area contributed by atoms with E-state index in [0.717, 1.165) is 11.1 Å². The number of nitrogen functional groups attached to an aromatic ring is 1. The van der Waals surface area contributed by atoms with Crippen LogP contribution in [0, 0.1) is 12.7 Å². The lowest BCUT2D eigenvalue weighted by molar-refractivity contribution is -0.115. The topological polar surface area (TPSA) is 46.3 Å². The van der Waals surface area contributed by atoms with Crippen LogP contribution >= 0.6 is 11.8 Å². The first-order valence-corrected chi connectivity index (χ1v) is 7.66. The number of halogens is 1. The summed E-state index contributed by atoms with van der Waals surface area (Å²) in [6, 6.07) is 12.2. The summed E-state index contributed by atoms with van der Waals surface area (Å²) in [5.74, 6) is -0.130. The van der Waals surface area contributed by atoms with Gasteiger partial charge in [-0.3, -0.25) is 9.69 Å². The fourth-order valence-electron chi connectivity index (χ4n) is 2.45. The van der Waals surface area contributed by atoms with Gasteiger partial charge < -0.3 is 5.73 Å². The summed E-state index contributed by atoms with van der Waals surface area (Å²) in [4.78, 5) is 13.7. The van der Waals surface area contributed by atoms with Gasteiger partial charge in [-0.25, -0.2) is 4.39 Å². The predicted molar refractivity (Wildman–Crippen MR) is 84.7 cm³/mol. The van der Waals surface area contributed by atoms with Gasteiger partial charge in [0.1, 0.15) is 11.2 Å². The number of nitrogens with zero attached hydrogens (tertiary/aromatic N) is 1. The lowest BCUT2D eigenvalue weighted by Gasteiger charge is -2.25. The molecule has 1 fully saturated rings. The summed E-state index contributed by atoms with van der Waals surface area (Å²) >= 11 is 1.48. The molecule has 1 unspecified atom stereocenters. The molecule has 0 aromatic heterocycles. The van der Waals surface area contributed by atoms with Crippen LogP contribution < -0.4 is 10.6 Å². The van der Waals surface area contributed by atoms with Crippen molar-refractivity contribution in [2.45, 2.75) is 12.3 Å². The second-order valence-corrected chi connectivity index (χ2v) is 6.12. The molecule has 1 amide bonds. The second-order valence-electron chi connectivity index (χ2n) is 5.05. The Bertz CT molecular complexity index is 704. The molecular weight excluding hydrogens is 287 g/mol. The summed E-state index contributed by atoms with van der Waals surface area (Å²) in [5, 5.41) is -0.239. The number of rotatable bonds is 2. The highest BCUT2D eigenvalue weighted by molar-refractivity contribution is 8.00. The molecule has 1 heterocycles. The number of hydrogen-bond donors (Lipinski definition) is 1. The molecule has 2 aromatic carbocycles. The van der Waals surface area contributed by atoms with Gasteiger partial charge in [-0.2, -0.15) is 0 Å². The summed E-state index contributed by atoms with van der Waals surface area (Å²) in [6.45, 7) is 1.88. The van der Waals surface area contributed by atoms with Crippen LogP contribution in [0.5, 0.6) is 0 Å². The van der Waals surface area contributed by atoms with Crippen molar-refractivity contribution in [3.8, 4) is 0 Å². The average molecular weight is 302 g/mol. The molecule has 1 atom stereocenters. The Morgan fingerprint density at radius 3 is 2.86 bits per heavy atom. The molecule has 1 saturated heterocycles. The van der Waals surface area contributed by atoms with Crippen molar-refractivity contribution >= 4 is 29.0 Å². The number of anilines is 2. The number of carbonyl (C=O) groups is 1. The van der Waals surface area contributed by atoms with Crippen LogP contribution in [0.2, 0.25) is 0 Å². The molecule has 1 aliphatic heterocycles. The number of thioether (sulfide) groups is 1. The van der Waals surface area contributed by atoms with E-state index >= 15 is 0 Å². The SMILES string of the molecule is Cc1ccc(F)c(N2C(=O)CSC2c2cccc(N)c2)c1. The van der Waals surface area contributed by atoms with Gasteiger partial charge in [-0.05, 0) is 42.3 Å². The van der Waals surface area contributed by atoms with Crippen LogP contribution in [0.1, 0.15) is 16.5 Å². The van der Waals surface area contributed by atoms with Crippen molar-refractivity contribution in [1.82, 2.24) is 0 Å². The van der Waals surface area contributed by atoms with E-state index in [0.29, 0.717) is 17.1 Å². The van der Waals surface area contributed by atoms with Gasteiger partial charge in [-0.1, -0.05) is 18.2 Å². The number of amides is 1. The van der Waals surface area contributed by atoms with Gasteiger partial charge in [0, 0.05) is 5.69 Å². The number of benzene rings is 2. The van der Waals surface area contributed by atoms with E-state index in [9.17, 15) is 9.18 Å². The van der Waals surface area contributed by atoms with Gasteiger partial charge >= 0.3 is 0 Å². The zero-order valence-corrected chi connectivity index (χ0v) is 12.4. The summed E-state index contributed by atoms with van der Waals surface area (Å²) in [5.41, 5.74) is 8.61. The molecule has 108 valence electrons. The molecule has 2 aromatic rings. The Morgan fingerprint density at radius 1 is 1.29 bits per heavy atom. The van der Waals surface area contributed by atoms with E-state index in [-0.39, 0.29) is 17.1 Å². The van der Waals surface area contributed by atoms with E-state index < -0.39 is 0 Å². The monoisotopic (exact) mass is 302 g/mol. The molecule has 0 bridgehead atoms. The molecule has 3 rings (SSSR count). The Labute approximate surface area is 126 Å². The summed E-state index contributed by atoms with van der Waals surface area (Å²) in [7, 11) is 0. The first-order valence-electron chi connectivity index (χ1n) is 6.61. The smallest absolute Gasteiger partial charge is 0.238 e. The maximum atomic E-state index is 14.1. The quantitative estimate of drug-likeness (QED) is 0.864. The van der Waals surface area contributed by atoms with Crippen LogP contribution in [0.4, 0.5) is 15.8 Å². The van der Waals surface area contributed by atoms with E-state index in [1.165, 1.54) is 22.7 Å². The minimum absolute atomic E-state index is 0.0862. The van der Waals surface area contributed by atoms with Crippen molar-refractivity contribution in [3.05, 3.63) is 59.4 Å². The number of nitrogens with two attached hydrogens (primary N) is 1. The minimum atomic E-state index is -0.384. The second kappa shape index (κ2) is 5.41. The molecule has 2 N–H and O–H groups in total. The lowest BCUT2D eigenvalue weighted by atomic mass is 10.1. The number of carbonyl (C=O) groups excluding carboxylic acids is 1. The zero-order valence-electron chi connectivity index (χ0n) is 11.5. The van der Waals surface area contributed by atoms with Crippen molar-refractivity contribution in [3.63, 3.8) is 0 Å². The van der Waals surface area contributed by atoms with Crippen LogP contribution in [0.15, 0.2) is 42.5 Å². The van der Waals surface area contributed by atoms with Gasteiger partial charge in [0.2, 0.25) is 5.91 Å². The highest BCUT2D eigenvalue weighted by atomic mass is 32.2. The molecule has 21 heavy (non-hydrogen) atoms. The minimum Gasteiger partial charge on any atom is -0.399 e. The Balaban J connectivity index is 2.06. The van der Waals surface area contributed by atoms with Crippen molar-refractivity contribution in [2.24, 2.45) is 0 Å². The Hall–Kier alpha value is -2.01. The zero-order chi connectivity index (χ0) is 15.0. The third-order valence-corrected chi connectivity index (χ3v) is 4.64. The van der Waals surface area contributed by atoms with E-state index in [2.05, 4.69) is 0 Å². The van der Waals surface area contributed by atoms with Gasteiger partial charge in [0.25, 0.3) is 0 Å². The van der Waals surface area contributed by atoms with Crippen molar-refractivity contribution in [1.29, 1.82) is 0 Å². The molecule has 0 saturated carbocycles. The van der Waals surface area contributed by atoms with E-state index in [4.69, 9.17) is 5.73 Å². The van der Waals surface area contributed by atoms with Crippen molar-refractivity contribution in [2.75, 3.05) is 16.4 Å².